The summed E-state index contributed by atoms with van der Waals surface area (Å²) in [7, 11) is 0. The number of hydrogen-bond acceptors (Lipinski definition) is 8. The number of ether oxygens (including phenoxy) is 1. The SMILES string of the molecule is C=CCNC(=O)NC(=O)COC(=O)c1cccc(N2CC(O)=C(c3nc4ccccc4s3)C2=N)c1. The first-order valence-electron chi connectivity index (χ1n) is 10.5. The van der Waals surface area contributed by atoms with Crippen molar-refractivity contribution in [2.75, 3.05) is 24.6 Å². The molecule has 2 aromatic carbocycles. The minimum absolute atomic E-state index is 0.00781. The van der Waals surface area contributed by atoms with E-state index in [-0.39, 0.29) is 30.2 Å². The first-order valence-corrected chi connectivity index (χ1v) is 11.3. The summed E-state index contributed by atoms with van der Waals surface area (Å²) in [5.41, 5.74) is 1.75. The second-order valence-electron chi connectivity index (χ2n) is 7.42. The molecular weight excluding hydrogens is 470 g/mol. The van der Waals surface area contributed by atoms with E-state index in [0.29, 0.717) is 16.3 Å². The van der Waals surface area contributed by atoms with E-state index in [4.69, 9.17) is 10.1 Å². The summed E-state index contributed by atoms with van der Waals surface area (Å²) in [4.78, 5) is 41.8. The number of carbonyl (C=O) groups is 3. The molecule has 0 fully saturated rings. The lowest BCUT2D eigenvalue weighted by Crippen LogP contribution is -2.41. The maximum absolute atomic E-state index is 12.4. The topological polar surface area (TPSA) is 145 Å². The summed E-state index contributed by atoms with van der Waals surface area (Å²) in [6.07, 6.45) is 1.45. The monoisotopic (exact) mass is 491 g/mol. The van der Waals surface area contributed by atoms with Crippen LogP contribution in [-0.4, -0.2) is 53.5 Å². The van der Waals surface area contributed by atoms with Gasteiger partial charge in [-0.2, -0.15) is 0 Å². The van der Waals surface area contributed by atoms with Crippen LogP contribution in [-0.2, 0) is 9.53 Å². The van der Waals surface area contributed by atoms with Gasteiger partial charge in [0.25, 0.3) is 5.91 Å². The lowest BCUT2D eigenvalue weighted by molar-refractivity contribution is -0.123. The molecule has 10 nitrogen and oxygen atoms in total. The number of amidine groups is 1. The van der Waals surface area contributed by atoms with Crippen LogP contribution in [0.2, 0.25) is 0 Å². The first-order chi connectivity index (χ1) is 16.9. The Labute approximate surface area is 204 Å². The molecule has 1 aliphatic rings. The number of anilines is 1. The number of thiazole rings is 1. The van der Waals surface area contributed by atoms with Crippen molar-refractivity contribution >= 4 is 56.6 Å². The lowest BCUT2D eigenvalue weighted by atomic mass is 10.2. The number of benzene rings is 2. The molecule has 0 saturated carbocycles. The molecule has 4 rings (SSSR count). The Balaban J connectivity index is 1.43. The molecule has 1 aliphatic heterocycles. The van der Waals surface area contributed by atoms with Crippen LogP contribution < -0.4 is 15.5 Å². The van der Waals surface area contributed by atoms with Gasteiger partial charge in [-0.1, -0.05) is 24.3 Å². The van der Waals surface area contributed by atoms with E-state index < -0.39 is 24.5 Å². The molecule has 2 heterocycles. The van der Waals surface area contributed by atoms with Gasteiger partial charge in [-0.3, -0.25) is 15.5 Å². The fourth-order valence-electron chi connectivity index (χ4n) is 3.39. The van der Waals surface area contributed by atoms with Crippen LogP contribution in [0.3, 0.4) is 0 Å². The number of fused-ring (bicyclic) bond motifs is 1. The average Bonchev–Trinajstić information content (AvgIpc) is 3.40. The highest BCUT2D eigenvalue weighted by Crippen LogP contribution is 2.35. The van der Waals surface area contributed by atoms with Crippen LogP contribution in [0.5, 0.6) is 0 Å². The number of imide groups is 1. The standard InChI is InChI=1S/C24H21N5O5S/c1-2-10-26-24(33)28-19(31)13-34-23(32)14-6-5-7-15(11-14)29-12-17(30)20(21(29)25)22-27-16-8-3-4-9-18(16)35-22/h2-9,11,25,30H,1,10,12-13H2,(H2,26,28,31,33). The second kappa shape index (κ2) is 10.2. The summed E-state index contributed by atoms with van der Waals surface area (Å²) in [5.74, 6) is -1.50. The van der Waals surface area contributed by atoms with Crippen molar-refractivity contribution in [3.05, 3.63) is 77.5 Å². The zero-order valence-electron chi connectivity index (χ0n) is 18.4. The van der Waals surface area contributed by atoms with E-state index in [1.165, 1.54) is 29.5 Å². The van der Waals surface area contributed by atoms with Crippen LogP contribution >= 0.6 is 11.3 Å². The molecule has 0 saturated heterocycles. The minimum Gasteiger partial charge on any atom is -0.510 e. The Morgan fingerprint density at radius 2 is 2.03 bits per heavy atom. The molecule has 3 aromatic rings. The van der Waals surface area contributed by atoms with Crippen LogP contribution in [0.15, 0.2) is 66.9 Å². The number of nitrogens with one attached hydrogen (secondary N) is 3. The molecule has 0 spiro atoms. The van der Waals surface area contributed by atoms with Crippen LogP contribution in [0.4, 0.5) is 10.5 Å². The third-order valence-electron chi connectivity index (χ3n) is 5.00. The molecule has 11 heteroatoms. The number of rotatable bonds is 7. The molecule has 0 bridgehead atoms. The predicted octanol–water partition coefficient (Wildman–Crippen LogP) is 3.23. The molecule has 35 heavy (non-hydrogen) atoms. The number of carbonyl (C=O) groups excluding carboxylic acids is 3. The first kappa shape index (κ1) is 23.6. The van der Waals surface area contributed by atoms with Crippen molar-refractivity contribution < 1.29 is 24.2 Å². The Morgan fingerprint density at radius 3 is 2.80 bits per heavy atom. The van der Waals surface area contributed by atoms with Gasteiger partial charge in [0.05, 0.1) is 27.9 Å². The van der Waals surface area contributed by atoms with Crippen LogP contribution in [0.1, 0.15) is 15.4 Å². The molecular formula is C24H21N5O5S. The van der Waals surface area contributed by atoms with Gasteiger partial charge < -0.3 is 20.1 Å². The molecule has 0 radical (unpaired) electrons. The van der Waals surface area contributed by atoms with Gasteiger partial charge in [-0.25, -0.2) is 14.6 Å². The van der Waals surface area contributed by atoms with Gasteiger partial charge in [0.15, 0.2) is 6.61 Å². The molecule has 1 aromatic heterocycles. The van der Waals surface area contributed by atoms with E-state index in [9.17, 15) is 19.5 Å². The van der Waals surface area contributed by atoms with Gasteiger partial charge in [0.1, 0.15) is 16.6 Å². The fraction of sp³-hybridized carbons (Fsp3) is 0.125. The predicted molar refractivity (Wildman–Crippen MR) is 133 cm³/mol. The molecule has 0 unspecified atom stereocenters. The summed E-state index contributed by atoms with van der Waals surface area (Å²) in [6, 6.07) is 13.1. The maximum Gasteiger partial charge on any atom is 0.338 e. The smallest absolute Gasteiger partial charge is 0.338 e. The van der Waals surface area contributed by atoms with E-state index in [1.54, 1.807) is 17.0 Å². The van der Waals surface area contributed by atoms with Gasteiger partial charge in [-0.05, 0) is 30.3 Å². The van der Waals surface area contributed by atoms with E-state index in [2.05, 4.69) is 16.9 Å². The zero-order valence-corrected chi connectivity index (χ0v) is 19.2. The second-order valence-corrected chi connectivity index (χ2v) is 8.45. The van der Waals surface area contributed by atoms with Gasteiger partial charge >= 0.3 is 12.0 Å². The number of nitrogens with zero attached hydrogens (tertiary/aromatic N) is 2. The van der Waals surface area contributed by atoms with Crippen LogP contribution in [0, 0.1) is 5.41 Å². The van der Waals surface area contributed by atoms with Crippen molar-refractivity contribution in [2.24, 2.45) is 0 Å². The largest absolute Gasteiger partial charge is 0.510 e. The average molecular weight is 492 g/mol. The Kier molecular flexibility index (Phi) is 6.88. The Hall–Kier alpha value is -4.51. The summed E-state index contributed by atoms with van der Waals surface area (Å²) in [6.45, 7) is 3.03. The van der Waals surface area contributed by atoms with E-state index in [1.807, 2.05) is 29.6 Å². The van der Waals surface area contributed by atoms with Crippen molar-refractivity contribution in [1.29, 1.82) is 5.41 Å². The van der Waals surface area contributed by atoms with E-state index >= 15 is 0 Å². The molecule has 0 atom stereocenters. The van der Waals surface area contributed by atoms with Crippen molar-refractivity contribution in [3.63, 3.8) is 0 Å². The number of aliphatic hydroxyl groups is 1. The van der Waals surface area contributed by atoms with Gasteiger partial charge in [0, 0.05) is 12.2 Å². The zero-order chi connectivity index (χ0) is 24.9. The maximum atomic E-state index is 12.4. The summed E-state index contributed by atoms with van der Waals surface area (Å²) >= 11 is 1.38. The number of para-hydroxylation sites is 1. The number of aromatic nitrogens is 1. The number of amides is 3. The Morgan fingerprint density at radius 1 is 1.23 bits per heavy atom. The summed E-state index contributed by atoms with van der Waals surface area (Å²) < 4.78 is 5.94. The van der Waals surface area contributed by atoms with Crippen LogP contribution in [0.25, 0.3) is 15.8 Å². The number of esters is 1. The normalized spacial score (nSPS) is 13.1. The number of urea groups is 1. The highest BCUT2D eigenvalue weighted by molar-refractivity contribution is 7.19. The highest BCUT2D eigenvalue weighted by Gasteiger charge is 2.31. The van der Waals surface area contributed by atoms with Gasteiger partial charge in [-0.15, -0.1) is 17.9 Å². The van der Waals surface area contributed by atoms with E-state index in [0.717, 1.165) is 10.2 Å². The molecule has 4 N–H and O–H groups in total. The van der Waals surface area contributed by atoms with Crippen molar-refractivity contribution in [2.45, 2.75) is 0 Å². The minimum atomic E-state index is -0.785. The number of aliphatic hydroxyl groups excluding tert-OH is 1. The lowest BCUT2D eigenvalue weighted by Gasteiger charge is -2.19. The Bertz CT molecular complexity index is 1350. The molecule has 3 amide bonds. The highest BCUT2D eigenvalue weighted by atomic mass is 32.1. The summed E-state index contributed by atoms with van der Waals surface area (Å²) in [5, 5.41) is 24.2. The number of hydrogen-bond donors (Lipinski definition) is 4. The third kappa shape index (κ3) is 5.20. The fourth-order valence-corrected chi connectivity index (χ4v) is 4.42. The van der Waals surface area contributed by atoms with Crippen molar-refractivity contribution in [1.82, 2.24) is 15.6 Å². The third-order valence-corrected chi connectivity index (χ3v) is 6.05. The quantitative estimate of drug-likeness (QED) is 0.293. The molecule has 178 valence electrons. The van der Waals surface area contributed by atoms with Gasteiger partial charge in [0.2, 0.25) is 0 Å². The van der Waals surface area contributed by atoms with Crippen molar-refractivity contribution in [3.8, 4) is 0 Å². The molecule has 0 aliphatic carbocycles.